The molecule has 0 saturated heterocycles. The van der Waals surface area contributed by atoms with Crippen molar-refractivity contribution in [3.63, 3.8) is 0 Å². The van der Waals surface area contributed by atoms with Crippen LogP contribution in [0.4, 0.5) is 0 Å². The molecule has 0 aromatic rings. The molecular formula is C23H50N2. The van der Waals surface area contributed by atoms with Crippen molar-refractivity contribution in [2.24, 2.45) is 11.7 Å². The molecule has 0 atom stereocenters. The van der Waals surface area contributed by atoms with Crippen molar-refractivity contribution < 1.29 is 0 Å². The van der Waals surface area contributed by atoms with Gasteiger partial charge in [-0.15, -0.1) is 0 Å². The summed E-state index contributed by atoms with van der Waals surface area (Å²) in [5.41, 5.74) is 5.47. The van der Waals surface area contributed by atoms with Crippen LogP contribution >= 0.6 is 0 Å². The van der Waals surface area contributed by atoms with Gasteiger partial charge in [-0.25, -0.2) is 0 Å². The average molecular weight is 355 g/mol. The highest BCUT2D eigenvalue weighted by Crippen LogP contribution is 2.14. The Bertz CT molecular complexity index is 228. The smallest absolute Gasteiger partial charge is 0.00369 e. The summed E-state index contributed by atoms with van der Waals surface area (Å²) in [6.07, 6.45) is 24.3. The van der Waals surface area contributed by atoms with Crippen molar-refractivity contribution in [1.29, 1.82) is 0 Å². The molecule has 0 aliphatic heterocycles. The monoisotopic (exact) mass is 354 g/mol. The summed E-state index contributed by atoms with van der Waals surface area (Å²) in [4.78, 5) is 0. The largest absolute Gasteiger partial charge is 0.330 e. The molecule has 3 N–H and O–H groups in total. The molecule has 25 heavy (non-hydrogen) atoms. The Balaban J connectivity index is 2.96. The SMILES string of the molecule is CC(C)CCCCCCCCCCCCCCCCCNCCCN. The first-order chi connectivity index (χ1) is 12.3. The second-order valence-electron chi connectivity index (χ2n) is 8.38. The molecule has 0 aromatic heterocycles. The highest BCUT2D eigenvalue weighted by molar-refractivity contribution is 4.52. The van der Waals surface area contributed by atoms with Crippen LogP contribution in [0.5, 0.6) is 0 Å². The van der Waals surface area contributed by atoms with Gasteiger partial charge in [-0.3, -0.25) is 0 Å². The first-order valence-corrected chi connectivity index (χ1v) is 11.7. The topological polar surface area (TPSA) is 38.0 Å². The van der Waals surface area contributed by atoms with E-state index in [0.717, 1.165) is 25.4 Å². The van der Waals surface area contributed by atoms with Crippen molar-refractivity contribution in [3.05, 3.63) is 0 Å². The highest BCUT2D eigenvalue weighted by atomic mass is 14.8. The second-order valence-corrected chi connectivity index (χ2v) is 8.38. The summed E-state index contributed by atoms with van der Waals surface area (Å²) in [5.74, 6) is 0.892. The van der Waals surface area contributed by atoms with E-state index in [4.69, 9.17) is 5.73 Å². The number of hydrogen-bond acceptors (Lipinski definition) is 2. The lowest BCUT2D eigenvalue weighted by molar-refractivity contribution is 0.501. The standard InChI is InChI=1S/C23H50N2/c1-23(2)19-16-14-12-10-8-6-4-3-5-7-9-11-13-15-17-21-25-22-18-20-24/h23,25H,3-22,24H2,1-2H3. The van der Waals surface area contributed by atoms with Gasteiger partial charge < -0.3 is 11.1 Å². The van der Waals surface area contributed by atoms with E-state index in [0.29, 0.717) is 0 Å². The Morgan fingerprint density at radius 1 is 0.520 bits per heavy atom. The van der Waals surface area contributed by atoms with E-state index in [9.17, 15) is 0 Å². The summed E-state index contributed by atoms with van der Waals surface area (Å²) >= 11 is 0. The Hall–Kier alpha value is -0.0800. The van der Waals surface area contributed by atoms with Gasteiger partial charge in [0.05, 0.1) is 0 Å². The van der Waals surface area contributed by atoms with Gasteiger partial charge in [0.25, 0.3) is 0 Å². The van der Waals surface area contributed by atoms with Crippen LogP contribution in [0, 0.1) is 5.92 Å². The van der Waals surface area contributed by atoms with Gasteiger partial charge in [0, 0.05) is 0 Å². The molecule has 2 heteroatoms. The highest BCUT2D eigenvalue weighted by Gasteiger charge is 1.96. The van der Waals surface area contributed by atoms with Gasteiger partial charge in [-0.1, -0.05) is 110 Å². The van der Waals surface area contributed by atoms with E-state index in [2.05, 4.69) is 19.2 Å². The minimum absolute atomic E-state index is 0.811. The molecule has 0 aromatic carbocycles. The first kappa shape index (κ1) is 24.9. The van der Waals surface area contributed by atoms with E-state index >= 15 is 0 Å². The van der Waals surface area contributed by atoms with Crippen LogP contribution in [-0.2, 0) is 0 Å². The molecule has 0 spiro atoms. The Labute approximate surface area is 160 Å². The molecule has 0 saturated carbocycles. The van der Waals surface area contributed by atoms with Gasteiger partial charge in [-0.05, 0) is 38.4 Å². The molecule has 0 amide bonds. The normalized spacial score (nSPS) is 11.5. The summed E-state index contributed by atoms with van der Waals surface area (Å²) in [5, 5.41) is 3.46. The van der Waals surface area contributed by atoms with Gasteiger partial charge >= 0.3 is 0 Å². The van der Waals surface area contributed by atoms with Crippen LogP contribution < -0.4 is 11.1 Å². The maximum Gasteiger partial charge on any atom is -0.00369 e. The lowest BCUT2D eigenvalue weighted by Crippen LogP contribution is -2.19. The predicted molar refractivity (Wildman–Crippen MR) is 115 cm³/mol. The molecule has 0 fully saturated rings. The zero-order valence-electron chi connectivity index (χ0n) is 17.8. The Kier molecular flexibility index (Phi) is 21.9. The molecule has 0 heterocycles. The fourth-order valence-corrected chi connectivity index (χ4v) is 3.45. The molecule has 0 unspecified atom stereocenters. The molecule has 0 bridgehead atoms. The fourth-order valence-electron chi connectivity index (χ4n) is 3.45. The molecule has 0 rings (SSSR count). The van der Waals surface area contributed by atoms with Crippen molar-refractivity contribution in [2.45, 2.75) is 123 Å². The minimum atomic E-state index is 0.811. The lowest BCUT2D eigenvalue weighted by atomic mass is 10.0. The molecule has 0 radical (unpaired) electrons. The molecule has 2 nitrogen and oxygen atoms in total. The van der Waals surface area contributed by atoms with Gasteiger partial charge in [0.2, 0.25) is 0 Å². The van der Waals surface area contributed by atoms with E-state index in [-0.39, 0.29) is 0 Å². The number of rotatable bonds is 21. The van der Waals surface area contributed by atoms with E-state index in [1.165, 1.54) is 109 Å². The predicted octanol–water partition coefficient (Wildman–Crippen LogP) is 6.82. The van der Waals surface area contributed by atoms with Crippen LogP contribution in [-0.4, -0.2) is 19.6 Å². The quantitative estimate of drug-likeness (QED) is 0.222. The number of nitrogens with two attached hydrogens (primary N) is 1. The fraction of sp³-hybridized carbons (Fsp3) is 1.00. The molecular weight excluding hydrogens is 304 g/mol. The zero-order valence-corrected chi connectivity index (χ0v) is 17.8. The van der Waals surface area contributed by atoms with Crippen molar-refractivity contribution >= 4 is 0 Å². The van der Waals surface area contributed by atoms with E-state index in [1.54, 1.807) is 0 Å². The van der Waals surface area contributed by atoms with Crippen molar-refractivity contribution in [1.82, 2.24) is 5.32 Å². The third kappa shape index (κ3) is 23.9. The third-order valence-corrected chi connectivity index (χ3v) is 5.19. The third-order valence-electron chi connectivity index (χ3n) is 5.19. The average Bonchev–Trinajstić information content (AvgIpc) is 2.60. The second kappa shape index (κ2) is 22.0. The summed E-state index contributed by atoms with van der Waals surface area (Å²) in [6, 6.07) is 0. The summed E-state index contributed by atoms with van der Waals surface area (Å²) in [7, 11) is 0. The molecule has 0 aliphatic carbocycles. The summed E-state index contributed by atoms with van der Waals surface area (Å²) in [6.45, 7) is 7.75. The lowest BCUT2D eigenvalue weighted by Gasteiger charge is -2.05. The first-order valence-electron chi connectivity index (χ1n) is 11.7. The maximum absolute atomic E-state index is 5.47. The van der Waals surface area contributed by atoms with Gasteiger partial charge in [-0.2, -0.15) is 0 Å². The van der Waals surface area contributed by atoms with Crippen LogP contribution in [0.1, 0.15) is 123 Å². The maximum atomic E-state index is 5.47. The van der Waals surface area contributed by atoms with Crippen LogP contribution in [0.3, 0.4) is 0 Å². The van der Waals surface area contributed by atoms with Gasteiger partial charge in [0.1, 0.15) is 0 Å². The molecule has 152 valence electrons. The number of hydrogen-bond donors (Lipinski definition) is 2. The Morgan fingerprint density at radius 2 is 0.880 bits per heavy atom. The van der Waals surface area contributed by atoms with E-state index in [1.807, 2.05) is 0 Å². The number of unbranched alkanes of at least 4 members (excludes halogenated alkanes) is 14. The van der Waals surface area contributed by atoms with Crippen LogP contribution in [0.15, 0.2) is 0 Å². The van der Waals surface area contributed by atoms with Crippen molar-refractivity contribution in [2.75, 3.05) is 19.6 Å². The summed E-state index contributed by atoms with van der Waals surface area (Å²) < 4.78 is 0. The van der Waals surface area contributed by atoms with Crippen LogP contribution in [0.25, 0.3) is 0 Å². The number of nitrogens with one attached hydrogen (secondary N) is 1. The van der Waals surface area contributed by atoms with Crippen LogP contribution in [0.2, 0.25) is 0 Å². The van der Waals surface area contributed by atoms with Crippen molar-refractivity contribution in [3.8, 4) is 0 Å². The minimum Gasteiger partial charge on any atom is -0.330 e. The van der Waals surface area contributed by atoms with E-state index < -0.39 is 0 Å². The van der Waals surface area contributed by atoms with Gasteiger partial charge in [0.15, 0.2) is 0 Å². The zero-order chi connectivity index (χ0) is 18.4. The Morgan fingerprint density at radius 3 is 1.28 bits per heavy atom. The molecule has 0 aliphatic rings.